The summed E-state index contributed by atoms with van der Waals surface area (Å²) in [5.74, 6) is 2.16. The highest BCUT2D eigenvalue weighted by Gasteiger charge is 2.17. The number of tetrazole rings is 1. The van der Waals surface area contributed by atoms with Crippen molar-refractivity contribution in [2.24, 2.45) is 0 Å². The van der Waals surface area contributed by atoms with Gasteiger partial charge in [0.1, 0.15) is 0 Å². The van der Waals surface area contributed by atoms with E-state index < -0.39 is 0 Å². The third kappa shape index (κ3) is 2.29. The van der Waals surface area contributed by atoms with Gasteiger partial charge < -0.3 is 14.8 Å². The number of halogens is 1. The van der Waals surface area contributed by atoms with Gasteiger partial charge in [0.05, 0.1) is 11.0 Å². The molecule has 0 aliphatic carbocycles. The number of benzene rings is 1. The van der Waals surface area contributed by atoms with Crippen LogP contribution in [0.5, 0.6) is 11.5 Å². The number of nitrogens with zero attached hydrogens (tertiary/aromatic N) is 3. The summed E-state index contributed by atoms with van der Waals surface area (Å²) in [4.78, 5) is 0. The summed E-state index contributed by atoms with van der Waals surface area (Å²) in [5, 5.41) is 16.8. The second-order valence-electron chi connectivity index (χ2n) is 3.74. The van der Waals surface area contributed by atoms with Crippen LogP contribution in [0.2, 0.25) is 0 Å². The molecular weight excluding hydrogens is 302 g/mol. The maximum absolute atomic E-state index is 5.35. The zero-order chi connectivity index (χ0) is 12.4. The van der Waals surface area contributed by atoms with Crippen LogP contribution >= 0.6 is 15.9 Å². The maximum atomic E-state index is 5.35. The van der Waals surface area contributed by atoms with E-state index in [1.54, 1.807) is 0 Å². The first kappa shape index (κ1) is 11.4. The Labute approximate surface area is 111 Å². The second-order valence-corrected chi connectivity index (χ2v) is 4.60. The molecule has 3 rings (SSSR count). The molecular formula is C10H10BrN5O2. The van der Waals surface area contributed by atoms with Gasteiger partial charge in [-0.2, -0.15) is 5.21 Å². The Morgan fingerprint density at radius 2 is 2.28 bits per heavy atom. The number of aromatic amines is 1. The SMILES string of the molecule is Brc1cc(CNCc2nn[nH]n2)cc2c1OCO2. The first-order valence-corrected chi connectivity index (χ1v) is 6.13. The average molecular weight is 312 g/mol. The average Bonchev–Trinajstić information content (AvgIpc) is 2.99. The normalized spacial score (nSPS) is 12.9. The third-order valence-electron chi connectivity index (χ3n) is 2.49. The molecule has 0 saturated carbocycles. The second kappa shape index (κ2) is 4.91. The molecule has 0 radical (unpaired) electrons. The first-order chi connectivity index (χ1) is 8.83. The van der Waals surface area contributed by atoms with Crippen LogP contribution in [0.1, 0.15) is 11.4 Å². The Morgan fingerprint density at radius 1 is 1.33 bits per heavy atom. The number of hydrogen-bond donors (Lipinski definition) is 2. The minimum absolute atomic E-state index is 0.272. The lowest BCUT2D eigenvalue weighted by Crippen LogP contribution is -2.13. The van der Waals surface area contributed by atoms with E-state index in [1.807, 2.05) is 12.1 Å². The van der Waals surface area contributed by atoms with Gasteiger partial charge >= 0.3 is 0 Å². The van der Waals surface area contributed by atoms with Crippen molar-refractivity contribution in [3.63, 3.8) is 0 Å². The highest BCUT2D eigenvalue weighted by molar-refractivity contribution is 9.10. The molecule has 0 spiro atoms. The van der Waals surface area contributed by atoms with Gasteiger partial charge in [0, 0.05) is 6.54 Å². The minimum Gasteiger partial charge on any atom is -0.454 e. The molecule has 1 aliphatic heterocycles. The van der Waals surface area contributed by atoms with Crippen LogP contribution in [-0.4, -0.2) is 27.4 Å². The van der Waals surface area contributed by atoms with Gasteiger partial charge in [0.2, 0.25) is 6.79 Å². The zero-order valence-electron chi connectivity index (χ0n) is 9.31. The fraction of sp³-hybridized carbons (Fsp3) is 0.300. The number of fused-ring (bicyclic) bond motifs is 1. The van der Waals surface area contributed by atoms with Crippen LogP contribution < -0.4 is 14.8 Å². The lowest BCUT2D eigenvalue weighted by molar-refractivity contribution is 0.173. The topological polar surface area (TPSA) is 85.0 Å². The summed E-state index contributed by atoms with van der Waals surface area (Å²) in [5.41, 5.74) is 1.09. The lowest BCUT2D eigenvalue weighted by Gasteiger charge is -2.05. The van der Waals surface area contributed by atoms with Crippen molar-refractivity contribution >= 4 is 15.9 Å². The number of rotatable bonds is 4. The summed E-state index contributed by atoms with van der Waals surface area (Å²) in [6, 6.07) is 3.95. The first-order valence-electron chi connectivity index (χ1n) is 5.34. The summed E-state index contributed by atoms with van der Waals surface area (Å²) in [6.07, 6.45) is 0. The van der Waals surface area contributed by atoms with Crippen LogP contribution in [0.4, 0.5) is 0 Å². The van der Waals surface area contributed by atoms with E-state index in [4.69, 9.17) is 9.47 Å². The smallest absolute Gasteiger partial charge is 0.231 e. The van der Waals surface area contributed by atoms with E-state index in [-0.39, 0.29) is 6.79 Å². The predicted molar refractivity (Wildman–Crippen MR) is 65.0 cm³/mol. The van der Waals surface area contributed by atoms with Gasteiger partial charge in [0.15, 0.2) is 17.3 Å². The van der Waals surface area contributed by atoms with E-state index >= 15 is 0 Å². The standard InChI is InChI=1S/C10H10BrN5O2/c11-7-1-6(2-8-10(7)18-5-17-8)3-12-4-9-13-15-16-14-9/h1-2,12H,3-5H2,(H,13,14,15,16). The zero-order valence-corrected chi connectivity index (χ0v) is 10.9. The molecule has 0 fully saturated rings. The molecule has 0 amide bonds. The predicted octanol–water partition coefficient (Wildman–Crippen LogP) is 0.981. The van der Waals surface area contributed by atoms with Crippen LogP contribution in [0.25, 0.3) is 0 Å². The molecule has 1 aliphatic rings. The molecule has 94 valence electrons. The van der Waals surface area contributed by atoms with Gasteiger partial charge in [-0.3, -0.25) is 0 Å². The van der Waals surface area contributed by atoms with E-state index in [1.165, 1.54) is 0 Å². The number of H-pyrrole nitrogens is 1. The van der Waals surface area contributed by atoms with E-state index in [0.29, 0.717) is 18.9 Å². The molecule has 8 heteroatoms. The fourth-order valence-electron chi connectivity index (χ4n) is 1.70. The molecule has 2 aromatic rings. The number of aromatic nitrogens is 4. The monoisotopic (exact) mass is 311 g/mol. The largest absolute Gasteiger partial charge is 0.454 e. The van der Waals surface area contributed by atoms with E-state index in [0.717, 1.165) is 21.5 Å². The Balaban J connectivity index is 1.65. The molecule has 2 heterocycles. The molecule has 2 N–H and O–H groups in total. The molecule has 0 bridgehead atoms. The van der Waals surface area contributed by atoms with Crippen LogP contribution in [0.3, 0.4) is 0 Å². The molecule has 1 aromatic carbocycles. The molecule has 1 aromatic heterocycles. The van der Waals surface area contributed by atoms with Crippen molar-refractivity contribution in [2.45, 2.75) is 13.1 Å². The van der Waals surface area contributed by atoms with Crippen molar-refractivity contribution in [3.05, 3.63) is 28.0 Å². The van der Waals surface area contributed by atoms with Crippen LogP contribution in [0.15, 0.2) is 16.6 Å². The molecule has 7 nitrogen and oxygen atoms in total. The maximum Gasteiger partial charge on any atom is 0.231 e. The lowest BCUT2D eigenvalue weighted by atomic mass is 10.2. The highest BCUT2D eigenvalue weighted by atomic mass is 79.9. The fourth-order valence-corrected chi connectivity index (χ4v) is 2.30. The summed E-state index contributed by atoms with van der Waals surface area (Å²) in [7, 11) is 0. The van der Waals surface area contributed by atoms with Crippen molar-refractivity contribution in [2.75, 3.05) is 6.79 Å². The van der Waals surface area contributed by atoms with Gasteiger partial charge in [-0.25, -0.2) is 0 Å². The van der Waals surface area contributed by atoms with Gasteiger partial charge in [-0.15, -0.1) is 10.2 Å². The quantitative estimate of drug-likeness (QED) is 0.875. The van der Waals surface area contributed by atoms with E-state index in [9.17, 15) is 0 Å². The Morgan fingerprint density at radius 3 is 3.11 bits per heavy atom. The summed E-state index contributed by atoms with van der Waals surface area (Å²) in [6.45, 7) is 1.51. The molecule has 0 unspecified atom stereocenters. The molecule has 18 heavy (non-hydrogen) atoms. The van der Waals surface area contributed by atoms with Crippen molar-refractivity contribution < 1.29 is 9.47 Å². The Bertz CT molecular complexity index is 545. The highest BCUT2D eigenvalue weighted by Crippen LogP contribution is 2.39. The minimum atomic E-state index is 0.272. The van der Waals surface area contributed by atoms with Crippen LogP contribution in [-0.2, 0) is 13.1 Å². The van der Waals surface area contributed by atoms with Gasteiger partial charge in [0.25, 0.3) is 0 Å². The summed E-state index contributed by atoms with van der Waals surface area (Å²) >= 11 is 3.46. The van der Waals surface area contributed by atoms with Gasteiger partial charge in [-0.1, -0.05) is 5.21 Å². The Kier molecular flexibility index (Phi) is 3.11. The number of hydrogen-bond acceptors (Lipinski definition) is 6. The third-order valence-corrected chi connectivity index (χ3v) is 3.08. The van der Waals surface area contributed by atoms with E-state index in [2.05, 4.69) is 41.9 Å². The summed E-state index contributed by atoms with van der Waals surface area (Å²) < 4.78 is 11.6. The number of ether oxygens (including phenoxy) is 2. The Hall–Kier alpha value is -1.67. The van der Waals surface area contributed by atoms with Crippen molar-refractivity contribution in [3.8, 4) is 11.5 Å². The number of nitrogens with one attached hydrogen (secondary N) is 2. The molecule has 0 saturated heterocycles. The van der Waals surface area contributed by atoms with Crippen molar-refractivity contribution in [1.29, 1.82) is 0 Å². The molecule has 0 atom stereocenters. The van der Waals surface area contributed by atoms with Crippen LogP contribution in [0, 0.1) is 0 Å². The van der Waals surface area contributed by atoms with Gasteiger partial charge in [-0.05, 0) is 33.6 Å². The van der Waals surface area contributed by atoms with Crippen molar-refractivity contribution in [1.82, 2.24) is 25.9 Å².